The summed E-state index contributed by atoms with van der Waals surface area (Å²) in [6.45, 7) is 5.32. The van der Waals surface area contributed by atoms with Crippen LogP contribution in [-0.2, 0) is 10.3 Å². The Labute approximate surface area is 134 Å². The van der Waals surface area contributed by atoms with Crippen LogP contribution in [0.25, 0.3) is 0 Å². The minimum absolute atomic E-state index is 0.104. The third-order valence-electron chi connectivity index (χ3n) is 4.51. The highest BCUT2D eigenvalue weighted by atomic mass is 35.5. The first-order chi connectivity index (χ1) is 10.0. The summed E-state index contributed by atoms with van der Waals surface area (Å²) in [4.78, 5) is 29.8. The largest absolute Gasteiger partial charge is 0.369 e. The van der Waals surface area contributed by atoms with Crippen molar-refractivity contribution >= 4 is 29.4 Å². The molecule has 1 heterocycles. The molecule has 1 aliphatic heterocycles. The maximum absolute atomic E-state index is 12.6. The number of carbonyl (C=O) groups excluding carboxylic acids is 2. The van der Waals surface area contributed by atoms with E-state index >= 15 is 0 Å². The van der Waals surface area contributed by atoms with Crippen molar-refractivity contribution in [1.29, 1.82) is 0 Å². The maximum Gasteiger partial charge on any atom is 0.248 e. The zero-order valence-corrected chi connectivity index (χ0v) is 13.7. The molecule has 0 unspecified atom stereocenters. The number of hydrogen-bond donors (Lipinski definition) is 2. The number of amides is 2. The minimum atomic E-state index is -1.01. The van der Waals surface area contributed by atoms with Gasteiger partial charge < -0.3 is 11.5 Å². The number of nitrogens with zero attached hydrogens (tertiary/aromatic N) is 2. The number of aliphatic imine (C=N–C) groups is 1. The number of primary amides is 1. The number of rotatable bonds is 2. The Morgan fingerprint density at radius 3 is 2.45 bits per heavy atom. The van der Waals surface area contributed by atoms with Crippen LogP contribution < -0.4 is 11.5 Å². The first-order valence-corrected chi connectivity index (χ1v) is 7.13. The highest BCUT2D eigenvalue weighted by Crippen LogP contribution is 2.48. The zero-order valence-electron chi connectivity index (χ0n) is 13.0. The Hall–Kier alpha value is -2.08. The normalized spacial score (nSPS) is 24.1. The van der Waals surface area contributed by atoms with E-state index in [0.717, 1.165) is 0 Å². The molecule has 0 fully saturated rings. The van der Waals surface area contributed by atoms with Crippen LogP contribution in [0.15, 0.2) is 23.2 Å². The van der Waals surface area contributed by atoms with Crippen molar-refractivity contribution < 1.29 is 9.59 Å². The predicted octanol–water partition coefficient (Wildman–Crippen LogP) is 1.47. The molecule has 2 rings (SSSR count). The number of nitrogens with two attached hydrogens (primary N) is 2. The molecule has 0 aliphatic carbocycles. The van der Waals surface area contributed by atoms with Gasteiger partial charge in [0.2, 0.25) is 11.8 Å². The van der Waals surface area contributed by atoms with Gasteiger partial charge in [-0.05, 0) is 44.5 Å². The van der Waals surface area contributed by atoms with Gasteiger partial charge in [0.15, 0.2) is 5.96 Å². The van der Waals surface area contributed by atoms with Gasteiger partial charge in [-0.15, -0.1) is 0 Å². The Morgan fingerprint density at radius 2 is 1.91 bits per heavy atom. The standard InChI is InChI=1S/C15H19ClN4O2/c1-14(2)12(22)20(4)13(18)19-15(14,3)9-7-8(11(17)21)5-6-10(9)16/h5-7H,1-4H3,(H2,17,21)(H2,18,19)/t15-/m1/s1. The number of hydrogen-bond acceptors (Lipinski definition) is 4. The fourth-order valence-corrected chi connectivity index (χ4v) is 2.93. The first kappa shape index (κ1) is 16.3. The third-order valence-corrected chi connectivity index (χ3v) is 4.84. The van der Waals surface area contributed by atoms with Crippen LogP contribution in [0, 0.1) is 5.41 Å². The molecule has 4 N–H and O–H groups in total. The summed E-state index contributed by atoms with van der Waals surface area (Å²) in [5.74, 6) is -0.647. The van der Waals surface area contributed by atoms with Crippen molar-refractivity contribution in [2.24, 2.45) is 21.9 Å². The topological polar surface area (TPSA) is 102 Å². The van der Waals surface area contributed by atoms with E-state index < -0.39 is 16.9 Å². The molecule has 0 bridgehead atoms. The summed E-state index contributed by atoms with van der Waals surface area (Å²) in [6.07, 6.45) is 0. The van der Waals surface area contributed by atoms with Crippen molar-refractivity contribution in [1.82, 2.24) is 4.90 Å². The molecule has 1 aliphatic rings. The van der Waals surface area contributed by atoms with E-state index in [-0.39, 0.29) is 11.9 Å². The van der Waals surface area contributed by atoms with Gasteiger partial charge in [0.25, 0.3) is 0 Å². The molecule has 0 radical (unpaired) electrons. The SMILES string of the molecule is CN1C(=O)C(C)(C)[C@@](C)(c2cc(C(N)=O)ccc2Cl)N=C1N. The number of benzene rings is 1. The van der Waals surface area contributed by atoms with E-state index in [0.29, 0.717) is 16.1 Å². The second-order valence-corrected chi connectivity index (χ2v) is 6.50. The van der Waals surface area contributed by atoms with Crippen molar-refractivity contribution in [3.63, 3.8) is 0 Å². The maximum atomic E-state index is 12.6. The van der Waals surface area contributed by atoms with Gasteiger partial charge in [0.05, 0.1) is 5.41 Å². The van der Waals surface area contributed by atoms with Crippen LogP contribution in [0.5, 0.6) is 0 Å². The molecule has 0 saturated carbocycles. The second kappa shape index (κ2) is 4.98. The average molecular weight is 323 g/mol. The van der Waals surface area contributed by atoms with Crippen molar-refractivity contribution in [2.45, 2.75) is 26.3 Å². The molecule has 7 heteroatoms. The second-order valence-electron chi connectivity index (χ2n) is 6.09. The molecule has 2 amide bonds. The minimum Gasteiger partial charge on any atom is -0.369 e. The monoisotopic (exact) mass is 322 g/mol. The van der Waals surface area contributed by atoms with E-state index in [9.17, 15) is 9.59 Å². The molecule has 0 aromatic heterocycles. The highest BCUT2D eigenvalue weighted by molar-refractivity contribution is 6.31. The molecule has 1 aromatic rings. The lowest BCUT2D eigenvalue weighted by molar-refractivity contribution is -0.140. The predicted molar refractivity (Wildman–Crippen MR) is 85.5 cm³/mol. The summed E-state index contributed by atoms with van der Waals surface area (Å²) < 4.78 is 0. The van der Waals surface area contributed by atoms with Gasteiger partial charge in [0, 0.05) is 17.6 Å². The molecule has 0 saturated heterocycles. The number of carbonyl (C=O) groups is 2. The Balaban J connectivity index is 2.76. The molecule has 6 nitrogen and oxygen atoms in total. The van der Waals surface area contributed by atoms with Crippen LogP contribution in [0.1, 0.15) is 36.7 Å². The summed E-state index contributed by atoms with van der Waals surface area (Å²) in [6, 6.07) is 4.68. The molecule has 0 spiro atoms. The van der Waals surface area contributed by atoms with E-state index in [4.69, 9.17) is 23.1 Å². The summed E-state index contributed by atoms with van der Waals surface area (Å²) in [5.41, 5.74) is 10.1. The van der Waals surface area contributed by atoms with Gasteiger partial charge in [-0.25, -0.2) is 4.99 Å². The van der Waals surface area contributed by atoms with Crippen molar-refractivity contribution in [3.8, 4) is 0 Å². The van der Waals surface area contributed by atoms with Crippen LogP contribution in [0.3, 0.4) is 0 Å². The zero-order chi connectivity index (χ0) is 16.9. The average Bonchev–Trinajstić information content (AvgIpc) is 2.43. The molecule has 1 atom stereocenters. The lowest BCUT2D eigenvalue weighted by Gasteiger charge is -2.46. The number of guanidine groups is 1. The van der Waals surface area contributed by atoms with Gasteiger partial charge in [0.1, 0.15) is 5.54 Å². The van der Waals surface area contributed by atoms with Gasteiger partial charge in [-0.2, -0.15) is 0 Å². The molecule has 118 valence electrons. The van der Waals surface area contributed by atoms with Gasteiger partial charge in [-0.1, -0.05) is 11.6 Å². The van der Waals surface area contributed by atoms with E-state index in [1.54, 1.807) is 40.0 Å². The van der Waals surface area contributed by atoms with Crippen LogP contribution in [0.4, 0.5) is 0 Å². The van der Waals surface area contributed by atoms with Crippen LogP contribution in [0.2, 0.25) is 5.02 Å². The molecule has 1 aromatic carbocycles. The van der Waals surface area contributed by atoms with Crippen LogP contribution >= 0.6 is 11.6 Å². The quantitative estimate of drug-likeness (QED) is 0.861. The summed E-state index contributed by atoms with van der Waals surface area (Å²) in [7, 11) is 1.57. The fraction of sp³-hybridized carbons (Fsp3) is 0.400. The number of halogens is 1. The van der Waals surface area contributed by atoms with Gasteiger partial charge >= 0.3 is 0 Å². The van der Waals surface area contributed by atoms with E-state index in [1.807, 2.05) is 0 Å². The third kappa shape index (κ3) is 2.14. The molecular weight excluding hydrogens is 304 g/mol. The van der Waals surface area contributed by atoms with Crippen molar-refractivity contribution in [3.05, 3.63) is 34.3 Å². The smallest absolute Gasteiger partial charge is 0.248 e. The summed E-state index contributed by atoms with van der Waals surface area (Å²) >= 11 is 6.30. The lowest BCUT2D eigenvalue weighted by atomic mass is 9.67. The van der Waals surface area contributed by atoms with E-state index in [2.05, 4.69) is 4.99 Å². The lowest BCUT2D eigenvalue weighted by Crippen LogP contribution is -2.58. The Kier molecular flexibility index (Phi) is 3.69. The molecular formula is C15H19ClN4O2. The van der Waals surface area contributed by atoms with Crippen LogP contribution in [-0.4, -0.2) is 29.7 Å². The Bertz CT molecular complexity index is 699. The van der Waals surface area contributed by atoms with Crippen molar-refractivity contribution in [2.75, 3.05) is 7.05 Å². The first-order valence-electron chi connectivity index (χ1n) is 6.75. The fourth-order valence-electron chi connectivity index (χ4n) is 2.62. The Morgan fingerprint density at radius 1 is 1.32 bits per heavy atom. The van der Waals surface area contributed by atoms with Gasteiger partial charge in [-0.3, -0.25) is 14.5 Å². The highest BCUT2D eigenvalue weighted by Gasteiger charge is 2.53. The summed E-state index contributed by atoms with van der Waals surface area (Å²) in [5, 5.41) is 0.398. The molecule has 22 heavy (non-hydrogen) atoms. The van der Waals surface area contributed by atoms with E-state index in [1.165, 1.54) is 11.0 Å².